The fourth-order valence-corrected chi connectivity index (χ4v) is 1.86. The third-order valence-corrected chi connectivity index (χ3v) is 3.04. The van der Waals surface area contributed by atoms with Gasteiger partial charge < -0.3 is 9.47 Å². The molecule has 0 aliphatic carbocycles. The van der Waals surface area contributed by atoms with Crippen molar-refractivity contribution in [1.29, 1.82) is 0 Å². The lowest BCUT2D eigenvalue weighted by molar-refractivity contribution is -0.157. The van der Waals surface area contributed by atoms with Crippen molar-refractivity contribution in [2.24, 2.45) is 0 Å². The molecular formula is C11H19BrO2. The molecule has 0 amide bonds. The van der Waals surface area contributed by atoms with Crippen molar-refractivity contribution in [3.63, 3.8) is 0 Å². The summed E-state index contributed by atoms with van der Waals surface area (Å²) in [6, 6.07) is 0. The zero-order valence-corrected chi connectivity index (χ0v) is 10.5. The topological polar surface area (TPSA) is 18.5 Å². The predicted molar refractivity (Wildman–Crippen MR) is 61.7 cm³/mol. The zero-order chi connectivity index (χ0) is 10.4. The van der Waals surface area contributed by atoms with Gasteiger partial charge in [-0.2, -0.15) is 0 Å². The lowest BCUT2D eigenvalue weighted by atomic mass is 10.2. The molecule has 2 nitrogen and oxygen atoms in total. The molecule has 2 atom stereocenters. The number of halogens is 1. The van der Waals surface area contributed by atoms with E-state index in [2.05, 4.69) is 28.9 Å². The molecule has 0 aromatic carbocycles. The van der Waals surface area contributed by atoms with E-state index in [1.807, 2.05) is 6.92 Å². The molecule has 0 spiro atoms. The molecule has 0 radical (unpaired) electrons. The Labute approximate surface area is 94.8 Å². The first-order valence-corrected chi connectivity index (χ1v) is 6.18. The minimum atomic E-state index is 0.0185. The molecule has 1 saturated heterocycles. The Balaban J connectivity index is 2.24. The molecule has 14 heavy (non-hydrogen) atoms. The molecule has 2 unspecified atom stereocenters. The molecule has 0 saturated carbocycles. The third-order valence-electron chi connectivity index (χ3n) is 2.46. The summed E-state index contributed by atoms with van der Waals surface area (Å²) in [5, 5.41) is 0. The average Bonchev–Trinajstić information content (AvgIpc) is 2.20. The number of hydrogen-bond acceptors (Lipinski definition) is 2. The molecular weight excluding hydrogens is 244 g/mol. The first-order chi connectivity index (χ1) is 6.74. The van der Waals surface area contributed by atoms with Gasteiger partial charge in [0.05, 0.1) is 6.61 Å². The Hall–Kier alpha value is 0.140. The van der Waals surface area contributed by atoms with E-state index in [-0.39, 0.29) is 6.29 Å². The first kappa shape index (κ1) is 12.2. The maximum Gasteiger partial charge on any atom is 0.158 e. The lowest BCUT2D eigenvalue weighted by Crippen LogP contribution is -2.24. The highest BCUT2D eigenvalue weighted by Gasteiger charge is 2.15. The van der Waals surface area contributed by atoms with Crippen LogP contribution in [0.4, 0.5) is 0 Å². The molecule has 1 rings (SSSR count). The van der Waals surface area contributed by atoms with Crippen molar-refractivity contribution in [3.8, 4) is 0 Å². The number of alkyl halides is 1. The van der Waals surface area contributed by atoms with Gasteiger partial charge in [0.2, 0.25) is 0 Å². The summed E-state index contributed by atoms with van der Waals surface area (Å²) in [4.78, 5) is 0.385. The highest BCUT2D eigenvalue weighted by molar-refractivity contribution is 9.09. The number of hydrogen-bond donors (Lipinski definition) is 0. The van der Waals surface area contributed by atoms with Crippen molar-refractivity contribution < 1.29 is 9.47 Å². The minimum Gasteiger partial charge on any atom is -0.353 e. The van der Waals surface area contributed by atoms with E-state index in [1.54, 1.807) is 0 Å². The van der Waals surface area contributed by atoms with Crippen LogP contribution in [0.2, 0.25) is 0 Å². The number of allylic oxidation sites excluding steroid dienone is 1. The Kier molecular flexibility index (Phi) is 5.75. The first-order valence-electron chi connectivity index (χ1n) is 5.26. The van der Waals surface area contributed by atoms with E-state index in [9.17, 15) is 0 Å². The Morgan fingerprint density at radius 1 is 1.64 bits per heavy atom. The molecule has 3 heteroatoms. The molecule has 1 aliphatic rings. The lowest BCUT2D eigenvalue weighted by Gasteiger charge is -2.23. The van der Waals surface area contributed by atoms with Gasteiger partial charge >= 0.3 is 0 Å². The van der Waals surface area contributed by atoms with Gasteiger partial charge in [-0.1, -0.05) is 22.0 Å². The average molecular weight is 263 g/mol. The van der Waals surface area contributed by atoms with Crippen molar-refractivity contribution in [2.45, 2.75) is 44.2 Å². The smallest absolute Gasteiger partial charge is 0.158 e. The van der Waals surface area contributed by atoms with Gasteiger partial charge in [0.15, 0.2) is 6.29 Å². The standard InChI is InChI=1S/C11H19BrO2/c1-3-10(9(2)12)8-14-11-6-4-5-7-13-11/h3,9,11H,4-8H2,1-2H3. The van der Waals surface area contributed by atoms with Crippen LogP contribution in [0, 0.1) is 0 Å². The summed E-state index contributed by atoms with van der Waals surface area (Å²) in [7, 11) is 0. The quantitative estimate of drug-likeness (QED) is 0.572. The molecule has 0 aromatic heterocycles. The van der Waals surface area contributed by atoms with Gasteiger partial charge in [-0.15, -0.1) is 0 Å². The maximum atomic E-state index is 5.68. The second kappa shape index (κ2) is 6.59. The van der Waals surface area contributed by atoms with Gasteiger partial charge in [-0.05, 0) is 38.7 Å². The molecule has 1 aliphatic heterocycles. The van der Waals surface area contributed by atoms with E-state index in [0.717, 1.165) is 13.0 Å². The molecule has 1 heterocycles. The van der Waals surface area contributed by atoms with Gasteiger partial charge in [-0.25, -0.2) is 0 Å². The van der Waals surface area contributed by atoms with Crippen molar-refractivity contribution in [1.82, 2.24) is 0 Å². The minimum absolute atomic E-state index is 0.0185. The number of ether oxygens (including phenoxy) is 2. The maximum absolute atomic E-state index is 5.68. The molecule has 0 N–H and O–H groups in total. The van der Waals surface area contributed by atoms with E-state index < -0.39 is 0 Å². The van der Waals surface area contributed by atoms with Crippen LogP contribution in [-0.4, -0.2) is 24.3 Å². The Morgan fingerprint density at radius 3 is 2.93 bits per heavy atom. The fraction of sp³-hybridized carbons (Fsp3) is 0.818. The predicted octanol–water partition coefficient (Wildman–Crippen LogP) is 3.26. The van der Waals surface area contributed by atoms with Crippen LogP contribution in [0.5, 0.6) is 0 Å². The SMILES string of the molecule is CC=C(COC1CCCCO1)C(C)Br. The molecule has 1 fully saturated rings. The van der Waals surface area contributed by atoms with Gasteiger partial charge in [-0.3, -0.25) is 0 Å². The number of rotatable bonds is 4. The summed E-state index contributed by atoms with van der Waals surface area (Å²) >= 11 is 3.54. The van der Waals surface area contributed by atoms with Gasteiger partial charge in [0.25, 0.3) is 0 Å². The Morgan fingerprint density at radius 2 is 2.43 bits per heavy atom. The van der Waals surface area contributed by atoms with Crippen LogP contribution < -0.4 is 0 Å². The molecule has 82 valence electrons. The van der Waals surface area contributed by atoms with E-state index in [4.69, 9.17) is 9.47 Å². The van der Waals surface area contributed by atoms with Crippen LogP contribution >= 0.6 is 15.9 Å². The highest BCUT2D eigenvalue weighted by atomic mass is 79.9. The second-order valence-corrected chi connectivity index (χ2v) is 4.96. The van der Waals surface area contributed by atoms with E-state index in [1.165, 1.54) is 18.4 Å². The largest absolute Gasteiger partial charge is 0.353 e. The third kappa shape index (κ3) is 4.11. The zero-order valence-electron chi connectivity index (χ0n) is 8.96. The normalized spacial score (nSPS) is 26.2. The summed E-state index contributed by atoms with van der Waals surface area (Å²) in [6.07, 6.45) is 5.55. The van der Waals surface area contributed by atoms with Crippen LogP contribution in [0.25, 0.3) is 0 Å². The van der Waals surface area contributed by atoms with Crippen LogP contribution in [0.1, 0.15) is 33.1 Å². The summed E-state index contributed by atoms with van der Waals surface area (Å²) in [5.74, 6) is 0. The Bertz CT molecular complexity index is 184. The monoisotopic (exact) mass is 262 g/mol. The second-order valence-electron chi connectivity index (χ2n) is 3.59. The molecule has 0 aromatic rings. The van der Waals surface area contributed by atoms with E-state index in [0.29, 0.717) is 11.4 Å². The van der Waals surface area contributed by atoms with E-state index >= 15 is 0 Å². The van der Waals surface area contributed by atoms with Crippen LogP contribution in [0.15, 0.2) is 11.6 Å². The summed E-state index contributed by atoms with van der Waals surface area (Å²) < 4.78 is 11.2. The molecule has 0 bridgehead atoms. The summed E-state index contributed by atoms with van der Waals surface area (Å²) in [6.45, 7) is 5.67. The van der Waals surface area contributed by atoms with Crippen LogP contribution in [0.3, 0.4) is 0 Å². The van der Waals surface area contributed by atoms with Crippen molar-refractivity contribution in [3.05, 3.63) is 11.6 Å². The van der Waals surface area contributed by atoms with Gasteiger partial charge in [0, 0.05) is 11.4 Å². The van der Waals surface area contributed by atoms with Gasteiger partial charge in [0.1, 0.15) is 0 Å². The van der Waals surface area contributed by atoms with Crippen molar-refractivity contribution in [2.75, 3.05) is 13.2 Å². The van der Waals surface area contributed by atoms with Crippen LogP contribution in [-0.2, 0) is 9.47 Å². The fourth-order valence-electron chi connectivity index (χ4n) is 1.46. The summed E-state index contributed by atoms with van der Waals surface area (Å²) in [5.41, 5.74) is 1.28. The highest BCUT2D eigenvalue weighted by Crippen LogP contribution is 2.17. The van der Waals surface area contributed by atoms with Crippen molar-refractivity contribution >= 4 is 15.9 Å².